The van der Waals surface area contributed by atoms with E-state index in [1.807, 2.05) is 38.1 Å². The van der Waals surface area contributed by atoms with Crippen molar-refractivity contribution in [2.24, 2.45) is 11.7 Å². The number of rotatable bonds is 5. The summed E-state index contributed by atoms with van der Waals surface area (Å²) in [5.41, 5.74) is 8.05. The Bertz CT molecular complexity index is 908. The average Bonchev–Trinajstić information content (AvgIpc) is 2.76. The first-order valence-corrected chi connectivity index (χ1v) is 10.9. The van der Waals surface area contributed by atoms with Gasteiger partial charge in [0.2, 0.25) is 5.91 Å². The zero-order chi connectivity index (χ0) is 22.5. The molecule has 1 unspecified atom stereocenters. The van der Waals surface area contributed by atoms with Crippen LogP contribution in [0, 0.1) is 5.92 Å². The fourth-order valence-electron chi connectivity index (χ4n) is 3.25. The third kappa shape index (κ3) is 5.81. The Balaban J connectivity index is 1.53. The number of nitrogens with two attached hydrogens (primary N) is 1. The molecule has 1 aliphatic rings. The molecule has 0 bridgehead atoms. The molecule has 1 fully saturated rings. The summed E-state index contributed by atoms with van der Waals surface area (Å²) >= 11 is 12.3. The zero-order valence-electron chi connectivity index (χ0n) is 17.6. The third-order valence-electron chi connectivity index (χ3n) is 5.28. The van der Waals surface area contributed by atoms with E-state index >= 15 is 0 Å². The van der Waals surface area contributed by atoms with Gasteiger partial charge < -0.3 is 26.2 Å². The van der Waals surface area contributed by atoms with Gasteiger partial charge in [-0.15, -0.1) is 0 Å². The number of carbonyl (C=O) groups excluding carboxylic acids is 2. The van der Waals surface area contributed by atoms with E-state index in [0.717, 1.165) is 5.69 Å². The molecule has 0 radical (unpaired) electrons. The van der Waals surface area contributed by atoms with Gasteiger partial charge in [-0.25, -0.2) is 4.79 Å². The Kier molecular flexibility index (Phi) is 7.64. The van der Waals surface area contributed by atoms with Gasteiger partial charge in [-0.3, -0.25) is 4.79 Å². The lowest BCUT2D eigenvalue weighted by molar-refractivity contribution is -0.118. The summed E-state index contributed by atoms with van der Waals surface area (Å²) < 4.78 is 0. The lowest BCUT2D eigenvalue weighted by Gasteiger charge is -2.36. The molecule has 1 heterocycles. The first kappa shape index (κ1) is 23.2. The van der Waals surface area contributed by atoms with Gasteiger partial charge in [-0.05, 0) is 42.3 Å². The van der Waals surface area contributed by atoms with Crippen LogP contribution in [0.15, 0.2) is 42.5 Å². The fourth-order valence-corrected chi connectivity index (χ4v) is 3.75. The standard InChI is InChI=1S/C22H27Cl2N5O2/c1-14(2)19(25)21(30)26-15-6-8-16(9-7-15)28-10-12-29(13-11-28)22(31)27-20-17(23)4-3-5-18(20)24/h3-9,14,19H,10-13,25H2,1-2H3,(H,26,30)(H,27,31). The summed E-state index contributed by atoms with van der Waals surface area (Å²) in [7, 11) is 0. The van der Waals surface area contributed by atoms with E-state index in [4.69, 9.17) is 28.9 Å². The molecule has 1 saturated heterocycles. The zero-order valence-corrected chi connectivity index (χ0v) is 19.1. The number of urea groups is 1. The number of amides is 3. The van der Waals surface area contributed by atoms with Gasteiger partial charge in [-0.2, -0.15) is 0 Å². The second kappa shape index (κ2) is 10.2. The van der Waals surface area contributed by atoms with E-state index in [1.54, 1.807) is 23.1 Å². The van der Waals surface area contributed by atoms with Crippen LogP contribution >= 0.6 is 23.2 Å². The predicted octanol–water partition coefficient (Wildman–Crippen LogP) is 4.27. The molecule has 3 rings (SSSR count). The van der Waals surface area contributed by atoms with Crippen LogP contribution in [-0.4, -0.2) is 49.1 Å². The van der Waals surface area contributed by atoms with E-state index in [9.17, 15) is 9.59 Å². The summed E-state index contributed by atoms with van der Waals surface area (Å²) in [6.45, 7) is 6.33. The van der Waals surface area contributed by atoms with Crippen LogP contribution in [-0.2, 0) is 4.79 Å². The average molecular weight is 464 g/mol. The minimum absolute atomic E-state index is 0.0710. The van der Waals surface area contributed by atoms with Crippen molar-refractivity contribution in [2.45, 2.75) is 19.9 Å². The lowest BCUT2D eigenvalue weighted by Crippen LogP contribution is -2.50. The van der Waals surface area contributed by atoms with Crippen molar-refractivity contribution in [1.29, 1.82) is 0 Å². The van der Waals surface area contributed by atoms with Crippen LogP contribution in [0.2, 0.25) is 10.0 Å². The van der Waals surface area contributed by atoms with E-state index in [0.29, 0.717) is 47.6 Å². The molecule has 9 heteroatoms. The molecule has 0 spiro atoms. The topological polar surface area (TPSA) is 90.7 Å². The van der Waals surface area contributed by atoms with Crippen molar-refractivity contribution in [1.82, 2.24) is 4.90 Å². The summed E-state index contributed by atoms with van der Waals surface area (Å²) in [5, 5.41) is 6.45. The number of halogens is 2. The molecule has 7 nitrogen and oxygen atoms in total. The van der Waals surface area contributed by atoms with E-state index in [-0.39, 0.29) is 17.9 Å². The molecule has 4 N–H and O–H groups in total. The number of carbonyl (C=O) groups is 2. The van der Waals surface area contributed by atoms with Crippen LogP contribution in [0.4, 0.5) is 21.9 Å². The van der Waals surface area contributed by atoms with Gasteiger partial charge in [0.05, 0.1) is 21.8 Å². The molecule has 1 aliphatic heterocycles. The van der Waals surface area contributed by atoms with Gasteiger partial charge in [0, 0.05) is 37.6 Å². The molecule has 0 saturated carbocycles. The molecule has 3 amide bonds. The van der Waals surface area contributed by atoms with E-state index in [1.165, 1.54) is 0 Å². The number of para-hydroxylation sites is 1. The van der Waals surface area contributed by atoms with Crippen LogP contribution in [0.1, 0.15) is 13.8 Å². The highest BCUT2D eigenvalue weighted by molar-refractivity contribution is 6.39. The number of nitrogens with one attached hydrogen (secondary N) is 2. The van der Waals surface area contributed by atoms with Gasteiger partial charge in [0.25, 0.3) is 0 Å². The van der Waals surface area contributed by atoms with Crippen LogP contribution in [0.25, 0.3) is 0 Å². The Morgan fingerprint density at radius 2 is 1.52 bits per heavy atom. The normalized spacial score (nSPS) is 15.0. The number of nitrogens with zero attached hydrogens (tertiary/aromatic N) is 2. The Labute approximate surface area is 192 Å². The van der Waals surface area contributed by atoms with Gasteiger partial charge in [0.15, 0.2) is 0 Å². The van der Waals surface area contributed by atoms with E-state index < -0.39 is 6.04 Å². The second-order valence-electron chi connectivity index (χ2n) is 7.81. The number of piperazine rings is 1. The lowest BCUT2D eigenvalue weighted by atomic mass is 10.0. The Morgan fingerprint density at radius 3 is 2.06 bits per heavy atom. The third-order valence-corrected chi connectivity index (χ3v) is 5.91. The SMILES string of the molecule is CC(C)C(N)C(=O)Nc1ccc(N2CCN(C(=O)Nc3c(Cl)cccc3Cl)CC2)cc1. The molecule has 0 aliphatic carbocycles. The molecule has 166 valence electrons. The fraction of sp³-hybridized carbons (Fsp3) is 0.364. The summed E-state index contributed by atoms with van der Waals surface area (Å²) in [4.78, 5) is 28.6. The number of hydrogen-bond donors (Lipinski definition) is 3. The maximum absolute atomic E-state index is 12.6. The van der Waals surface area contributed by atoms with Crippen molar-refractivity contribution in [3.05, 3.63) is 52.5 Å². The van der Waals surface area contributed by atoms with Crippen molar-refractivity contribution in [3.8, 4) is 0 Å². The maximum atomic E-state index is 12.6. The van der Waals surface area contributed by atoms with Gasteiger partial charge >= 0.3 is 6.03 Å². The molecule has 2 aromatic rings. The minimum Gasteiger partial charge on any atom is -0.368 e. The van der Waals surface area contributed by atoms with Gasteiger partial charge in [0.1, 0.15) is 0 Å². The van der Waals surface area contributed by atoms with Crippen molar-refractivity contribution in [3.63, 3.8) is 0 Å². The predicted molar refractivity (Wildman–Crippen MR) is 127 cm³/mol. The van der Waals surface area contributed by atoms with Gasteiger partial charge in [-0.1, -0.05) is 43.1 Å². The smallest absolute Gasteiger partial charge is 0.322 e. The van der Waals surface area contributed by atoms with Crippen LogP contribution < -0.4 is 21.3 Å². The summed E-state index contributed by atoms with van der Waals surface area (Å²) in [6, 6.07) is 12.0. The van der Waals surface area contributed by atoms with Crippen LogP contribution in [0.3, 0.4) is 0 Å². The number of anilines is 3. The summed E-state index contributed by atoms with van der Waals surface area (Å²) in [5.74, 6) is -0.122. The van der Waals surface area contributed by atoms with Crippen LogP contribution in [0.5, 0.6) is 0 Å². The maximum Gasteiger partial charge on any atom is 0.322 e. The second-order valence-corrected chi connectivity index (χ2v) is 8.62. The van der Waals surface area contributed by atoms with Crippen molar-refractivity contribution in [2.75, 3.05) is 41.7 Å². The molecule has 31 heavy (non-hydrogen) atoms. The highest BCUT2D eigenvalue weighted by Gasteiger charge is 2.23. The highest BCUT2D eigenvalue weighted by Crippen LogP contribution is 2.30. The van der Waals surface area contributed by atoms with Crippen molar-refractivity contribution < 1.29 is 9.59 Å². The summed E-state index contributed by atoms with van der Waals surface area (Å²) in [6.07, 6.45) is 0. The quantitative estimate of drug-likeness (QED) is 0.617. The first-order chi connectivity index (χ1) is 14.8. The first-order valence-electron chi connectivity index (χ1n) is 10.2. The molecule has 0 aromatic heterocycles. The van der Waals surface area contributed by atoms with Crippen molar-refractivity contribution >= 4 is 52.2 Å². The number of hydrogen-bond acceptors (Lipinski definition) is 4. The number of benzene rings is 2. The molecule has 1 atom stereocenters. The van der Waals surface area contributed by atoms with E-state index in [2.05, 4.69) is 15.5 Å². The Morgan fingerprint density at radius 1 is 0.935 bits per heavy atom. The molecule has 2 aromatic carbocycles. The Hall–Kier alpha value is -2.48. The largest absolute Gasteiger partial charge is 0.368 e. The monoisotopic (exact) mass is 463 g/mol. The molecular formula is C22H27Cl2N5O2. The highest BCUT2D eigenvalue weighted by atomic mass is 35.5. The minimum atomic E-state index is -0.542. The molecular weight excluding hydrogens is 437 g/mol.